The van der Waals surface area contributed by atoms with E-state index in [0.29, 0.717) is 24.3 Å². The highest BCUT2D eigenvalue weighted by Crippen LogP contribution is 2.13. The smallest absolute Gasteiger partial charge is 0.258 e. The Balaban J connectivity index is 1.46. The number of carbonyl (C=O) groups is 2. The standard InChI is InChI=1S/C21H21N3O3/c1-2-20(25)17-8-10-19(11-9-17)27-15-21(26)22-12-16-13-23-24(14-16)18-6-4-3-5-7-18/h3-11,13-14H,2,12,15H2,1H3,(H,22,26). The van der Waals surface area contributed by atoms with Crippen molar-refractivity contribution >= 4 is 11.7 Å². The fourth-order valence-corrected chi connectivity index (χ4v) is 2.52. The zero-order chi connectivity index (χ0) is 19.1. The quantitative estimate of drug-likeness (QED) is 0.624. The van der Waals surface area contributed by atoms with E-state index in [9.17, 15) is 9.59 Å². The molecule has 27 heavy (non-hydrogen) atoms. The third-order valence-electron chi connectivity index (χ3n) is 4.01. The number of amides is 1. The Morgan fingerprint density at radius 2 is 1.81 bits per heavy atom. The van der Waals surface area contributed by atoms with E-state index in [1.807, 2.05) is 43.5 Å². The van der Waals surface area contributed by atoms with Crippen molar-refractivity contribution in [3.63, 3.8) is 0 Å². The van der Waals surface area contributed by atoms with Gasteiger partial charge in [0.25, 0.3) is 5.91 Å². The van der Waals surface area contributed by atoms with Crippen LogP contribution in [0.5, 0.6) is 5.75 Å². The van der Waals surface area contributed by atoms with Gasteiger partial charge in [0.05, 0.1) is 11.9 Å². The number of benzene rings is 2. The van der Waals surface area contributed by atoms with Gasteiger partial charge in [0.15, 0.2) is 12.4 Å². The van der Waals surface area contributed by atoms with Crippen LogP contribution >= 0.6 is 0 Å². The van der Waals surface area contributed by atoms with Crippen molar-refractivity contribution in [1.29, 1.82) is 0 Å². The first kappa shape index (κ1) is 18.4. The fraction of sp³-hybridized carbons (Fsp3) is 0.190. The lowest BCUT2D eigenvalue weighted by molar-refractivity contribution is -0.123. The molecule has 3 aromatic rings. The molecule has 1 N–H and O–H groups in total. The van der Waals surface area contributed by atoms with E-state index in [2.05, 4.69) is 10.4 Å². The molecule has 0 bridgehead atoms. The Bertz CT molecular complexity index is 902. The van der Waals surface area contributed by atoms with Gasteiger partial charge in [0, 0.05) is 30.3 Å². The summed E-state index contributed by atoms with van der Waals surface area (Å²) >= 11 is 0. The molecule has 1 heterocycles. The second-order valence-electron chi connectivity index (χ2n) is 6.00. The number of ether oxygens (including phenoxy) is 1. The fourth-order valence-electron chi connectivity index (χ4n) is 2.52. The Morgan fingerprint density at radius 3 is 2.52 bits per heavy atom. The van der Waals surface area contributed by atoms with Crippen molar-refractivity contribution in [2.24, 2.45) is 0 Å². The number of Topliss-reactive ketones (excluding diaryl/α,β-unsaturated/α-hetero) is 1. The van der Waals surface area contributed by atoms with Crippen LogP contribution in [0.25, 0.3) is 5.69 Å². The predicted molar refractivity (Wildman–Crippen MR) is 102 cm³/mol. The van der Waals surface area contributed by atoms with E-state index in [1.165, 1.54) is 0 Å². The molecule has 0 atom stereocenters. The number of nitrogens with one attached hydrogen (secondary N) is 1. The second-order valence-corrected chi connectivity index (χ2v) is 6.00. The van der Waals surface area contributed by atoms with Gasteiger partial charge >= 0.3 is 0 Å². The zero-order valence-corrected chi connectivity index (χ0v) is 15.1. The number of rotatable bonds is 8. The average Bonchev–Trinajstić information content (AvgIpc) is 3.20. The van der Waals surface area contributed by atoms with Crippen molar-refractivity contribution in [3.8, 4) is 11.4 Å². The summed E-state index contributed by atoms with van der Waals surface area (Å²) in [7, 11) is 0. The summed E-state index contributed by atoms with van der Waals surface area (Å²) in [5, 5.41) is 7.10. The summed E-state index contributed by atoms with van der Waals surface area (Å²) in [6, 6.07) is 16.6. The lowest BCUT2D eigenvalue weighted by Gasteiger charge is -2.07. The molecule has 0 spiro atoms. The minimum atomic E-state index is -0.226. The van der Waals surface area contributed by atoms with Gasteiger partial charge in [-0.15, -0.1) is 0 Å². The lowest BCUT2D eigenvalue weighted by atomic mass is 10.1. The maximum atomic E-state index is 12.0. The molecule has 0 fully saturated rings. The maximum absolute atomic E-state index is 12.0. The minimum absolute atomic E-state index is 0.0790. The molecule has 1 amide bonds. The van der Waals surface area contributed by atoms with Crippen LogP contribution < -0.4 is 10.1 Å². The van der Waals surface area contributed by atoms with Crippen LogP contribution in [0.1, 0.15) is 29.3 Å². The molecule has 0 saturated carbocycles. The highest BCUT2D eigenvalue weighted by atomic mass is 16.5. The van der Waals surface area contributed by atoms with Gasteiger partial charge in [-0.1, -0.05) is 25.1 Å². The van der Waals surface area contributed by atoms with Crippen LogP contribution in [-0.4, -0.2) is 28.1 Å². The molecule has 0 aliphatic rings. The van der Waals surface area contributed by atoms with Crippen LogP contribution in [0.3, 0.4) is 0 Å². The van der Waals surface area contributed by atoms with E-state index in [-0.39, 0.29) is 18.3 Å². The van der Waals surface area contributed by atoms with Gasteiger partial charge in [-0.05, 0) is 36.4 Å². The number of carbonyl (C=O) groups excluding carboxylic acids is 2. The van der Waals surface area contributed by atoms with Crippen molar-refractivity contribution in [1.82, 2.24) is 15.1 Å². The highest BCUT2D eigenvalue weighted by Gasteiger charge is 2.07. The monoisotopic (exact) mass is 363 g/mol. The third-order valence-corrected chi connectivity index (χ3v) is 4.01. The summed E-state index contributed by atoms with van der Waals surface area (Å²) in [5.74, 6) is 0.404. The molecule has 0 aliphatic heterocycles. The third kappa shape index (κ3) is 5.04. The van der Waals surface area contributed by atoms with E-state index >= 15 is 0 Å². The summed E-state index contributed by atoms with van der Waals surface area (Å²) in [6.45, 7) is 2.10. The average molecular weight is 363 g/mol. The summed E-state index contributed by atoms with van der Waals surface area (Å²) in [6.07, 6.45) is 4.06. The van der Waals surface area contributed by atoms with Crippen LogP contribution in [0.4, 0.5) is 0 Å². The van der Waals surface area contributed by atoms with Gasteiger partial charge in [-0.2, -0.15) is 5.10 Å². The summed E-state index contributed by atoms with van der Waals surface area (Å²) in [4.78, 5) is 23.6. The van der Waals surface area contributed by atoms with E-state index in [0.717, 1.165) is 11.3 Å². The summed E-state index contributed by atoms with van der Waals surface area (Å²) < 4.78 is 7.22. The summed E-state index contributed by atoms with van der Waals surface area (Å²) in [5.41, 5.74) is 2.50. The van der Waals surface area contributed by atoms with Gasteiger partial charge < -0.3 is 10.1 Å². The molecule has 6 nitrogen and oxygen atoms in total. The van der Waals surface area contributed by atoms with Gasteiger partial charge in [-0.3, -0.25) is 9.59 Å². The number of ketones is 1. The van der Waals surface area contributed by atoms with Crippen LogP contribution in [0, 0.1) is 0 Å². The second kappa shape index (κ2) is 8.80. The van der Waals surface area contributed by atoms with E-state index in [4.69, 9.17) is 4.74 Å². The molecule has 6 heteroatoms. The molecular weight excluding hydrogens is 342 g/mol. The first-order chi connectivity index (χ1) is 13.2. The molecule has 0 radical (unpaired) electrons. The Labute approximate surface area is 157 Å². The molecule has 0 aliphatic carbocycles. The molecular formula is C21H21N3O3. The first-order valence-corrected chi connectivity index (χ1v) is 8.77. The minimum Gasteiger partial charge on any atom is -0.484 e. The van der Waals surface area contributed by atoms with Crippen LogP contribution in [0.2, 0.25) is 0 Å². The molecule has 0 unspecified atom stereocenters. The number of nitrogens with zero attached hydrogens (tertiary/aromatic N) is 2. The predicted octanol–water partition coefficient (Wildman–Crippen LogP) is 3.16. The molecule has 0 saturated heterocycles. The number of hydrogen-bond donors (Lipinski definition) is 1. The lowest BCUT2D eigenvalue weighted by Crippen LogP contribution is -2.28. The molecule has 3 rings (SSSR count). The van der Waals surface area contributed by atoms with Crippen molar-refractivity contribution in [3.05, 3.63) is 78.1 Å². The Kier molecular flexibility index (Phi) is 5.99. The van der Waals surface area contributed by atoms with Crippen molar-refractivity contribution < 1.29 is 14.3 Å². The SMILES string of the molecule is CCC(=O)c1ccc(OCC(=O)NCc2cnn(-c3ccccc3)c2)cc1. The molecule has 1 aromatic heterocycles. The number of aromatic nitrogens is 2. The van der Waals surface area contributed by atoms with Crippen LogP contribution in [0.15, 0.2) is 67.0 Å². The maximum Gasteiger partial charge on any atom is 0.258 e. The van der Waals surface area contributed by atoms with Crippen molar-refractivity contribution in [2.45, 2.75) is 19.9 Å². The van der Waals surface area contributed by atoms with Gasteiger partial charge in [0.2, 0.25) is 0 Å². The van der Waals surface area contributed by atoms with Crippen LogP contribution in [-0.2, 0) is 11.3 Å². The molecule has 2 aromatic carbocycles. The van der Waals surface area contributed by atoms with E-state index in [1.54, 1.807) is 35.1 Å². The highest BCUT2D eigenvalue weighted by molar-refractivity contribution is 5.95. The van der Waals surface area contributed by atoms with E-state index < -0.39 is 0 Å². The number of hydrogen-bond acceptors (Lipinski definition) is 4. The molecule has 138 valence electrons. The van der Waals surface area contributed by atoms with Crippen molar-refractivity contribution in [2.75, 3.05) is 6.61 Å². The van der Waals surface area contributed by atoms with Gasteiger partial charge in [-0.25, -0.2) is 4.68 Å². The Morgan fingerprint density at radius 1 is 1.07 bits per heavy atom. The topological polar surface area (TPSA) is 73.2 Å². The number of para-hydroxylation sites is 1. The Hall–Kier alpha value is -3.41. The normalized spacial score (nSPS) is 10.4. The van der Waals surface area contributed by atoms with Gasteiger partial charge in [0.1, 0.15) is 5.75 Å². The zero-order valence-electron chi connectivity index (χ0n) is 15.1. The largest absolute Gasteiger partial charge is 0.484 e. The first-order valence-electron chi connectivity index (χ1n) is 8.77.